The van der Waals surface area contributed by atoms with Crippen molar-refractivity contribution < 1.29 is 4.39 Å². The third-order valence-corrected chi connectivity index (χ3v) is 3.93. The predicted molar refractivity (Wildman–Crippen MR) is 84.1 cm³/mol. The van der Waals surface area contributed by atoms with Gasteiger partial charge < -0.3 is 0 Å². The van der Waals surface area contributed by atoms with Crippen LogP contribution in [0.4, 0.5) is 4.39 Å². The standard InChI is InChI=1S/C16H26ClFN2/c1-2-3-4-5-6-7-8-9-16(20-19)13-10-11-15(18)14(17)12-13/h10-12,16,20H,2-9,19H2,1H3. The van der Waals surface area contributed by atoms with Gasteiger partial charge in [0.25, 0.3) is 0 Å². The Balaban J connectivity index is 2.30. The largest absolute Gasteiger partial charge is 0.271 e. The fraction of sp³-hybridized carbons (Fsp3) is 0.625. The third-order valence-electron chi connectivity index (χ3n) is 3.64. The molecule has 0 radical (unpaired) electrons. The van der Waals surface area contributed by atoms with Crippen molar-refractivity contribution in [3.63, 3.8) is 0 Å². The van der Waals surface area contributed by atoms with Gasteiger partial charge in [-0.3, -0.25) is 11.3 Å². The molecule has 1 aromatic carbocycles. The molecule has 114 valence electrons. The molecule has 0 aliphatic heterocycles. The fourth-order valence-corrected chi connectivity index (χ4v) is 2.57. The van der Waals surface area contributed by atoms with Crippen LogP contribution in [0.3, 0.4) is 0 Å². The molecule has 20 heavy (non-hydrogen) atoms. The maximum absolute atomic E-state index is 13.1. The van der Waals surface area contributed by atoms with Crippen molar-refractivity contribution in [2.75, 3.05) is 0 Å². The summed E-state index contributed by atoms with van der Waals surface area (Å²) in [6, 6.07) is 4.84. The molecule has 0 spiro atoms. The average Bonchev–Trinajstić information content (AvgIpc) is 2.45. The molecule has 0 aliphatic rings. The van der Waals surface area contributed by atoms with Gasteiger partial charge in [-0.25, -0.2) is 4.39 Å². The highest BCUT2D eigenvalue weighted by molar-refractivity contribution is 6.30. The van der Waals surface area contributed by atoms with Gasteiger partial charge >= 0.3 is 0 Å². The SMILES string of the molecule is CCCCCCCCCC(NN)c1ccc(F)c(Cl)c1. The molecule has 0 saturated heterocycles. The van der Waals surface area contributed by atoms with E-state index < -0.39 is 0 Å². The molecule has 4 heteroatoms. The highest BCUT2D eigenvalue weighted by Crippen LogP contribution is 2.24. The van der Waals surface area contributed by atoms with Crippen LogP contribution < -0.4 is 11.3 Å². The minimum Gasteiger partial charge on any atom is -0.271 e. The zero-order chi connectivity index (χ0) is 14.8. The maximum atomic E-state index is 13.1. The number of rotatable bonds is 10. The Kier molecular flexibility index (Phi) is 8.83. The smallest absolute Gasteiger partial charge is 0.141 e. The molecule has 1 rings (SSSR count). The minimum absolute atomic E-state index is 0.0451. The number of hydrogen-bond donors (Lipinski definition) is 2. The Hall–Kier alpha value is -0.640. The number of hydrazine groups is 1. The van der Waals surface area contributed by atoms with Crippen molar-refractivity contribution in [3.8, 4) is 0 Å². The summed E-state index contributed by atoms with van der Waals surface area (Å²) in [7, 11) is 0. The van der Waals surface area contributed by atoms with Crippen molar-refractivity contribution in [1.29, 1.82) is 0 Å². The molecule has 2 nitrogen and oxygen atoms in total. The summed E-state index contributed by atoms with van der Waals surface area (Å²) >= 11 is 5.80. The first-order valence-corrected chi connectivity index (χ1v) is 7.98. The van der Waals surface area contributed by atoms with E-state index in [1.54, 1.807) is 12.1 Å². The van der Waals surface area contributed by atoms with Crippen LogP contribution in [0.1, 0.15) is 69.9 Å². The highest BCUT2D eigenvalue weighted by Gasteiger charge is 2.11. The Labute approximate surface area is 126 Å². The van der Waals surface area contributed by atoms with E-state index in [0.29, 0.717) is 0 Å². The summed E-state index contributed by atoms with van der Waals surface area (Å²) in [5, 5.41) is 0.155. The van der Waals surface area contributed by atoms with Gasteiger partial charge in [0.2, 0.25) is 0 Å². The quantitative estimate of drug-likeness (QED) is 0.357. The van der Waals surface area contributed by atoms with Crippen LogP contribution in [0.2, 0.25) is 5.02 Å². The molecule has 3 N–H and O–H groups in total. The lowest BCUT2D eigenvalue weighted by molar-refractivity contribution is 0.475. The van der Waals surface area contributed by atoms with Gasteiger partial charge in [-0.15, -0.1) is 0 Å². The first kappa shape index (κ1) is 17.4. The Bertz CT molecular complexity index is 385. The molecule has 0 bridgehead atoms. The summed E-state index contributed by atoms with van der Waals surface area (Å²) in [5.41, 5.74) is 3.74. The molecule has 0 aromatic heterocycles. The summed E-state index contributed by atoms with van der Waals surface area (Å²) < 4.78 is 13.1. The van der Waals surface area contributed by atoms with E-state index in [4.69, 9.17) is 17.4 Å². The van der Waals surface area contributed by atoms with E-state index in [9.17, 15) is 4.39 Å². The van der Waals surface area contributed by atoms with Crippen LogP contribution in [0.15, 0.2) is 18.2 Å². The normalized spacial score (nSPS) is 12.6. The number of unbranched alkanes of at least 4 members (excludes halogenated alkanes) is 6. The number of benzene rings is 1. The molecular formula is C16H26ClFN2. The van der Waals surface area contributed by atoms with Crippen molar-refractivity contribution in [2.24, 2.45) is 5.84 Å². The van der Waals surface area contributed by atoms with Crippen molar-refractivity contribution in [3.05, 3.63) is 34.6 Å². The lowest BCUT2D eigenvalue weighted by Gasteiger charge is -2.16. The van der Waals surface area contributed by atoms with Crippen LogP contribution in [-0.2, 0) is 0 Å². The summed E-state index contributed by atoms with van der Waals surface area (Å²) in [4.78, 5) is 0. The zero-order valence-corrected chi connectivity index (χ0v) is 13.1. The van der Waals surface area contributed by atoms with Gasteiger partial charge in [0, 0.05) is 6.04 Å². The van der Waals surface area contributed by atoms with Crippen LogP contribution in [-0.4, -0.2) is 0 Å². The number of hydrogen-bond acceptors (Lipinski definition) is 2. The van der Waals surface area contributed by atoms with Gasteiger partial charge in [0.1, 0.15) is 5.82 Å². The molecule has 1 atom stereocenters. The van der Waals surface area contributed by atoms with E-state index in [2.05, 4.69) is 12.3 Å². The average molecular weight is 301 g/mol. The van der Waals surface area contributed by atoms with Gasteiger partial charge in [0.15, 0.2) is 0 Å². The molecule has 0 aliphatic carbocycles. The highest BCUT2D eigenvalue weighted by atomic mass is 35.5. The molecular weight excluding hydrogens is 275 g/mol. The predicted octanol–water partition coefficient (Wildman–Crippen LogP) is 5.12. The molecule has 0 fully saturated rings. The Morgan fingerprint density at radius 2 is 1.80 bits per heavy atom. The Morgan fingerprint density at radius 1 is 1.15 bits per heavy atom. The zero-order valence-electron chi connectivity index (χ0n) is 12.3. The lowest BCUT2D eigenvalue weighted by Crippen LogP contribution is -2.28. The van der Waals surface area contributed by atoms with E-state index >= 15 is 0 Å². The van der Waals surface area contributed by atoms with Crippen LogP contribution in [0, 0.1) is 5.82 Å². The summed E-state index contributed by atoms with van der Waals surface area (Å²) in [5.74, 6) is 5.20. The summed E-state index contributed by atoms with van der Waals surface area (Å²) in [6.45, 7) is 2.23. The first-order chi connectivity index (χ1) is 9.69. The molecule has 1 unspecified atom stereocenters. The van der Waals surface area contributed by atoms with E-state index in [0.717, 1.165) is 18.4 Å². The van der Waals surface area contributed by atoms with Gasteiger partial charge in [-0.05, 0) is 24.1 Å². The molecule has 0 heterocycles. The van der Waals surface area contributed by atoms with Crippen molar-refractivity contribution >= 4 is 11.6 Å². The second-order valence-electron chi connectivity index (χ2n) is 5.30. The molecule has 0 saturated carbocycles. The number of halogens is 2. The second-order valence-corrected chi connectivity index (χ2v) is 5.71. The number of nitrogens with two attached hydrogens (primary N) is 1. The monoisotopic (exact) mass is 300 g/mol. The minimum atomic E-state index is -0.387. The van der Waals surface area contributed by atoms with E-state index in [1.807, 2.05) is 0 Å². The third kappa shape index (κ3) is 6.21. The van der Waals surface area contributed by atoms with Crippen LogP contribution in [0.5, 0.6) is 0 Å². The van der Waals surface area contributed by atoms with Gasteiger partial charge in [0.05, 0.1) is 5.02 Å². The molecule has 0 amide bonds. The first-order valence-electron chi connectivity index (χ1n) is 7.60. The van der Waals surface area contributed by atoms with E-state index in [-0.39, 0.29) is 16.9 Å². The lowest BCUT2D eigenvalue weighted by atomic mass is 10.00. The van der Waals surface area contributed by atoms with E-state index in [1.165, 1.54) is 44.6 Å². The van der Waals surface area contributed by atoms with Gasteiger partial charge in [-0.2, -0.15) is 0 Å². The van der Waals surface area contributed by atoms with Gasteiger partial charge in [-0.1, -0.05) is 69.5 Å². The second kappa shape index (κ2) is 10.1. The topological polar surface area (TPSA) is 38.0 Å². The number of nitrogens with one attached hydrogen (secondary N) is 1. The molecule has 1 aromatic rings. The maximum Gasteiger partial charge on any atom is 0.141 e. The summed E-state index contributed by atoms with van der Waals surface area (Å²) in [6.07, 6.45) is 9.84. The van der Waals surface area contributed by atoms with Crippen LogP contribution >= 0.6 is 11.6 Å². The fourth-order valence-electron chi connectivity index (χ4n) is 2.38. The van der Waals surface area contributed by atoms with Crippen LogP contribution in [0.25, 0.3) is 0 Å². The van der Waals surface area contributed by atoms with Crippen molar-refractivity contribution in [2.45, 2.75) is 64.3 Å². The Morgan fingerprint density at radius 3 is 2.40 bits per heavy atom. The van der Waals surface area contributed by atoms with Crippen molar-refractivity contribution in [1.82, 2.24) is 5.43 Å².